The first kappa shape index (κ1) is 16.2. The monoisotopic (exact) mass is 369 g/mol. The number of nitrogens with zero attached hydrogens (tertiary/aromatic N) is 3. The van der Waals surface area contributed by atoms with E-state index in [2.05, 4.69) is 15.4 Å². The van der Waals surface area contributed by atoms with Crippen LogP contribution >= 0.6 is 0 Å². The van der Waals surface area contributed by atoms with Crippen LogP contribution in [0, 0.1) is 0 Å². The molecule has 3 aromatic heterocycles. The van der Waals surface area contributed by atoms with Crippen molar-refractivity contribution >= 4 is 27.1 Å². The Balaban J connectivity index is 2.05. The molecule has 9 heteroatoms. The number of fused-ring (bicyclic) bond motifs is 1. The summed E-state index contributed by atoms with van der Waals surface area (Å²) >= 11 is 0. The van der Waals surface area contributed by atoms with Crippen molar-refractivity contribution in [3.63, 3.8) is 0 Å². The van der Waals surface area contributed by atoms with E-state index in [1.807, 2.05) is 0 Å². The first-order valence-corrected chi connectivity index (χ1v) is 9.21. The molecule has 0 radical (unpaired) electrons. The smallest absolute Gasteiger partial charge is 0.214 e. The third kappa shape index (κ3) is 2.40. The van der Waals surface area contributed by atoms with E-state index in [0.29, 0.717) is 11.5 Å². The maximum absolute atomic E-state index is 13.2. The summed E-state index contributed by atoms with van der Waals surface area (Å²) in [6, 6.07) is 13.1. The Morgan fingerprint density at radius 2 is 1.92 bits per heavy atom. The summed E-state index contributed by atoms with van der Waals surface area (Å²) in [4.78, 5) is 4.56. The van der Waals surface area contributed by atoms with Crippen molar-refractivity contribution in [2.45, 2.75) is 9.79 Å². The predicted molar refractivity (Wildman–Crippen MR) is 96.5 cm³/mol. The number of rotatable bonds is 4. The summed E-state index contributed by atoms with van der Waals surface area (Å²) in [5.74, 6) is 0.895. The van der Waals surface area contributed by atoms with Crippen molar-refractivity contribution in [2.75, 3.05) is 18.1 Å². The fourth-order valence-electron chi connectivity index (χ4n) is 2.70. The third-order valence-electron chi connectivity index (χ3n) is 3.91. The minimum Gasteiger partial charge on any atom is -0.463 e. The fraction of sp³-hybridized carbons (Fsp3) is 0.0588. The van der Waals surface area contributed by atoms with Crippen molar-refractivity contribution in [1.29, 1.82) is 0 Å². The molecule has 4 aromatic rings. The second-order valence-electron chi connectivity index (χ2n) is 5.52. The number of benzene rings is 1. The summed E-state index contributed by atoms with van der Waals surface area (Å²) in [5, 5.41) is 7.07. The van der Waals surface area contributed by atoms with Gasteiger partial charge < -0.3 is 15.5 Å². The van der Waals surface area contributed by atoms with Crippen LogP contribution in [0.2, 0.25) is 0 Å². The molecule has 0 spiro atoms. The van der Waals surface area contributed by atoms with E-state index in [1.165, 1.54) is 22.9 Å². The molecule has 0 bridgehead atoms. The highest BCUT2D eigenvalue weighted by Gasteiger charge is 2.29. The standard InChI is InChI=1S/C17H15N5O3S/c1-19-16-15(26(23,24)11-6-3-2-4-7-11)17-20-12(13-8-5-9-25-13)10-14(18)22(17)21-16/h2-10H,18H2,1H3,(H,19,21). The van der Waals surface area contributed by atoms with Crippen molar-refractivity contribution < 1.29 is 12.8 Å². The van der Waals surface area contributed by atoms with Crippen LogP contribution in [-0.2, 0) is 9.84 Å². The summed E-state index contributed by atoms with van der Waals surface area (Å²) in [7, 11) is -2.27. The van der Waals surface area contributed by atoms with Gasteiger partial charge in [-0.05, 0) is 24.3 Å². The molecule has 0 amide bonds. The van der Waals surface area contributed by atoms with Gasteiger partial charge in [-0.25, -0.2) is 13.4 Å². The summed E-state index contributed by atoms with van der Waals surface area (Å²) in [5.41, 5.74) is 6.63. The Hall–Kier alpha value is -3.33. The first-order chi connectivity index (χ1) is 12.5. The molecule has 0 unspecified atom stereocenters. The van der Waals surface area contributed by atoms with E-state index in [1.54, 1.807) is 43.4 Å². The molecule has 0 aliphatic carbocycles. The van der Waals surface area contributed by atoms with Gasteiger partial charge in [-0.2, -0.15) is 4.52 Å². The van der Waals surface area contributed by atoms with Gasteiger partial charge in [-0.1, -0.05) is 18.2 Å². The number of furan rings is 1. The average molecular weight is 369 g/mol. The van der Waals surface area contributed by atoms with Gasteiger partial charge in [-0.15, -0.1) is 5.10 Å². The van der Waals surface area contributed by atoms with Crippen LogP contribution in [0.1, 0.15) is 0 Å². The van der Waals surface area contributed by atoms with E-state index in [9.17, 15) is 8.42 Å². The maximum Gasteiger partial charge on any atom is 0.214 e. The van der Waals surface area contributed by atoms with Crippen LogP contribution in [0.5, 0.6) is 0 Å². The first-order valence-electron chi connectivity index (χ1n) is 7.73. The predicted octanol–water partition coefficient (Wildman–Crippen LogP) is 2.45. The normalized spacial score (nSPS) is 11.7. The largest absolute Gasteiger partial charge is 0.463 e. The van der Waals surface area contributed by atoms with Gasteiger partial charge >= 0.3 is 0 Å². The fourth-order valence-corrected chi connectivity index (χ4v) is 4.22. The number of sulfone groups is 1. The second-order valence-corrected chi connectivity index (χ2v) is 7.41. The lowest BCUT2D eigenvalue weighted by atomic mass is 10.3. The van der Waals surface area contributed by atoms with Gasteiger partial charge in [0.2, 0.25) is 9.84 Å². The Labute approximate surface area is 149 Å². The molecule has 4 rings (SSSR count). The van der Waals surface area contributed by atoms with Gasteiger partial charge in [0.15, 0.2) is 22.1 Å². The highest BCUT2D eigenvalue weighted by molar-refractivity contribution is 7.91. The van der Waals surface area contributed by atoms with Crippen LogP contribution in [0.15, 0.2) is 69.0 Å². The van der Waals surface area contributed by atoms with Crippen LogP contribution < -0.4 is 11.1 Å². The lowest BCUT2D eigenvalue weighted by Crippen LogP contribution is -2.06. The molecular weight excluding hydrogens is 354 g/mol. The van der Waals surface area contributed by atoms with Crippen molar-refractivity contribution in [3.05, 3.63) is 54.8 Å². The van der Waals surface area contributed by atoms with E-state index in [-0.39, 0.29) is 27.1 Å². The topological polar surface area (TPSA) is 116 Å². The molecule has 0 fully saturated rings. The summed E-state index contributed by atoms with van der Waals surface area (Å²) in [6.45, 7) is 0. The van der Waals surface area contributed by atoms with Crippen LogP contribution in [0.4, 0.5) is 11.6 Å². The van der Waals surface area contributed by atoms with Gasteiger partial charge in [0.05, 0.1) is 11.2 Å². The molecule has 0 aliphatic rings. The molecule has 0 aliphatic heterocycles. The molecule has 0 atom stereocenters. The van der Waals surface area contributed by atoms with E-state index < -0.39 is 9.84 Å². The van der Waals surface area contributed by atoms with Crippen molar-refractivity contribution in [3.8, 4) is 11.5 Å². The van der Waals surface area contributed by atoms with Crippen LogP contribution in [-0.4, -0.2) is 30.1 Å². The van der Waals surface area contributed by atoms with Crippen molar-refractivity contribution in [2.24, 2.45) is 0 Å². The quantitative estimate of drug-likeness (QED) is 0.567. The molecule has 0 saturated carbocycles. The highest BCUT2D eigenvalue weighted by Crippen LogP contribution is 2.33. The Morgan fingerprint density at radius 1 is 1.15 bits per heavy atom. The Kier molecular flexibility index (Phi) is 3.66. The van der Waals surface area contributed by atoms with Crippen LogP contribution in [0.25, 0.3) is 17.1 Å². The lowest BCUT2D eigenvalue weighted by Gasteiger charge is -2.06. The number of nitrogens with one attached hydrogen (secondary N) is 1. The number of nitrogen functional groups attached to an aromatic ring is 1. The maximum atomic E-state index is 13.2. The molecule has 8 nitrogen and oxygen atoms in total. The number of aromatic nitrogens is 3. The highest BCUT2D eigenvalue weighted by atomic mass is 32.2. The molecular formula is C17H15N5O3S. The number of hydrogen-bond donors (Lipinski definition) is 2. The Bertz CT molecular complexity index is 1180. The second kappa shape index (κ2) is 5.88. The molecule has 3 N–H and O–H groups in total. The van der Waals surface area contributed by atoms with E-state index in [4.69, 9.17) is 10.2 Å². The summed E-state index contributed by atoms with van der Waals surface area (Å²) in [6.07, 6.45) is 1.51. The number of hydrogen-bond acceptors (Lipinski definition) is 7. The van der Waals surface area contributed by atoms with Crippen molar-refractivity contribution in [1.82, 2.24) is 14.6 Å². The van der Waals surface area contributed by atoms with E-state index >= 15 is 0 Å². The number of nitrogens with two attached hydrogens (primary N) is 1. The average Bonchev–Trinajstić information content (AvgIpc) is 3.30. The zero-order valence-electron chi connectivity index (χ0n) is 13.7. The number of anilines is 2. The van der Waals surface area contributed by atoms with Gasteiger partial charge in [0.25, 0.3) is 0 Å². The molecule has 0 saturated heterocycles. The molecule has 26 heavy (non-hydrogen) atoms. The Morgan fingerprint density at radius 3 is 2.58 bits per heavy atom. The minimum absolute atomic E-state index is 0.0358. The minimum atomic E-state index is -3.86. The van der Waals surface area contributed by atoms with Gasteiger partial charge in [-0.3, -0.25) is 0 Å². The molecule has 1 aromatic carbocycles. The van der Waals surface area contributed by atoms with Crippen LogP contribution in [0.3, 0.4) is 0 Å². The lowest BCUT2D eigenvalue weighted by molar-refractivity contribution is 0.580. The van der Waals surface area contributed by atoms with Gasteiger partial charge in [0.1, 0.15) is 11.5 Å². The molecule has 132 valence electrons. The molecule has 3 heterocycles. The SMILES string of the molecule is CNc1nn2c(N)cc(-c3ccco3)nc2c1S(=O)(=O)c1ccccc1. The zero-order valence-corrected chi connectivity index (χ0v) is 14.6. The summed E-state index contributed by atoms with van der Waals surface area (Å²) < 4.78 is 33.1. The van der Waals surface area contributed by atoms with Gasteiger partial charge in [0, 0.05) is 13.1 Å². The third-order valence-corrected chi connectivity index (χ3v) is 5.71. The zero-order chi connectivity index (χ0) is 18.3. The van der Waals surface area contributed by atoms with E-state index in [0.717, 1.165) is 0 Å².